The third kappa shape index (κ3) is 4.20. The van der Waals surface area contributed by atoms with Crippen LogP contribution in [0.15, 0.2) is 67.1 Å². The number of aromatic nitrogens is 2. The van der Waals surface area contributed by atoms with Crippen LogP contribution >= 0.6 is 23.2 Å². The molecule has 31 heavy (non-hydrogen) atoms. The topological polar surface area (TPSA) is 32.3 Å². The van der Waals surface area contributed by atoms with E-state index in [0.29, 0.717) is 0 Å². The number of halogens is 2. The molecule has 1 spiro atoms. The number of hydrogen-bond acceptors (Lipinski definition) is 4. The fraction of sp³-hybridized carbons (Fsp3) is 0.280. The van der Waals surface area contributed by atoms with E-state index in [1.165, 1.54) is 16.8 Å². The number of anilines is 2. The number of likely N-dealkylation sites (tertiary alicyclic amines) is 1. The van der Waals surface area contributed by atoms with Crippen molar-refractivity contribution in [3.8, 4) is 0 Å². The average molecular weight is 451 g/mol. The molecule has 5 rings (SSSR count). The fourth-order valence-electron chi connectivity index (χ4n) is 4.78. The first-order valence-electron chi connectivity index (χ1n) is 10.6. The quantitative estimate of drug-likeness (QED) is 0.488. The zero-order valence-electron chi connectivity index (χ0n) is 17.2. The molecule has 1 aromatic heterocycles. The molecule has 2 aromatic carbocycles. The van der Waals surface area contributed by atoms with E-state index in [-0.39, 0.29) is 5.41 Å². The van der Waals surface area contributed by atoms with E-state index >= 15 is 0 Å². The van der Waals surface area contributed by atoms with Gasteiger partial charge in [-0.15, -0.1) is 0 Å². The van der Waals surface area contributed by atoms with Crippen molar-refractivity contribution in [1.29, 1.82) is 0 Å². The molecule has 0 unspecified atom stereocenters. The molecule has 0 saturated carbocycles. The van der Waals surface area contributed by atoms with E-state index in [9.17, 15) is 0 Å². The summed E-state index contributed by atoms with van der Waals surface area (Å²) in [6, 6.07) is 14.2. The van der Waals surface area contributed by atoms with Gasteiger partial charge in [-0.3, -0.25) is 9.88 Å². The molecule has 0 aliphatic carbocycles. The van der Waals surface area contributed by atoms with Crippen LogP contribution in [-0.2, 0) is 5.41 Å². The minimum Gasteiger partial charge on any atom is -0.324 e. The lowest BCUT2D eigenvalue weighted by molar-refractivity contribution is 0.182. The van der Waals surface area contributed by atoms with E-state index in [0.717, 1.165) is 54.9 Å². The van der Waals surface area contributed by atoms with Gasteiger partial charge in [-0.25, -0.2) is 4.98 Å². The second-order valence-electron chi connectivity index (χ2n) is 8.35. The number of rotatable bonds is 4. The molecule has 2 aliphatic rings. The molecule has 0 radical (unpaired) electrons. The minimum absolute atomic E-state index is 0.105. The highest BCUT2D eigenvalue weighted by Gasteiger charge is 2.45. The number of piperidine rings is 1. The molecular formula is C25H24Cl2N4. The zero-order chi connectivity index (χ0) is 21.3. The van der Waals surface area contributed by atoms with Crippen molar-refractivity contribution in [1.82, 2.24) is 14.9 Å². The van der Waals surface area contributed by atoms with Crippen molar-refractivity contribution in [3.05, 3.63) is 88.3 Å². The number of hydrogen-bond donors (Lipinski definition) is 0. The van der Waals surface area contributed by atoms with Crippen molar-refractivity contribution >= 4 is 40.8 Å². The maximum atomic E-state index is 6.41. The lowest BCUT2D eigenvalue weighted by atomic mass is 9.74. The summed E-state index contributed by atoms with van der Waals surface area (Å²) < 4.78 is 0. The molecule has 0 bridgehead atoms. The summed E-state index contributed by atoms with van der Waals surface area (Å²) in [5.41, 5.74) is 3.84. The number of nitrogens with zero attached hydrogens (tertiary/aromatic N) is 4. The van der Waals surface area contributed by atoms with Crippen LogP contribution in [0, 0.1) is 0 Å². The van der Waals surface area contributed by atoms with Gasteiger partial charge >= 0.3 is 0 Å². The molecule has 2 aliphatic heterocycles. The minimum atomic E-state index is 0.105. The van der Waals surface area contributed by atoms with Crippen LogP contribution < -0.4 is 4.90 Å². The van der Waals surface area contributed by atoms with Gasteiger partial charge < -0.3 is 4.90 Å². The molecule has 158 valence electrons. The summed E-state index contributed by atoms with van der Waals surface area (Å²) in [6.45, 7) is 4.00. The van der Waals surface area contributed by atoms with E-state index in [1.54, 1.807) is 12.4 Å². The van der Waals surface area contributed by atoms with Gasteiger partial charge in [-0.1, -0.05) is 47.5 Å². The van der Waals surface area contributed by atoms with Crippen LogP contribution in [0.25, 0.3) is 6.08 Å². The van der Waals surface area contributed by atoms with Gasteiger partial charge in [0.05, 0.1) is 6.20 Å². The monoisotopic (exact) mass is 450 g/mol. The standard InChI is InChI=1S/C25H24Cl2N4/c26-20-5-3-19(4-6-20)2-1-13-30-14-9-25(10-15-30)18-31(24-17-28-11-12-29-24)23-8-7-21(27)16-22(23)25/h1-8,11-12,16-17H,9-10,13-15,18H2. The lowest BCUT2D eigenvalue weighted by Gasteiger charge is -2.39. The van der Waals surface area contributed by atoms with Crippen LogP contribution in [0.4, 0.5) is 11.5 Å². The van der Waals surface area contributed by atoms with E-state index in [4.69, 9.17) is 23.2 Å². The second kappa shape index (κ2) is 8.62. The van der Waals surface area contributed by atoms with Crippen LogP contribution in [0.3, 0.4) is 0 Å². The van der Waals surface area contributed by atoms with E-state index < -0.39 is 0 Å². The number of benzene rings is 2. The average Bonchev–Trinajstić information content (AvgIpc) is 3.10. The second-order valence-corrected chi connectivity index (χ2v) is 9.22. The normalized spacial score (nSPS) is 18.1. The Balaban J connectivity index is 1.30. The Morgan fingerprint density at radius 2 is 1.74 bits per heavy atom. The highest BCUT2D eigenvalue weighted by atomic mass is 35.5. The molecule has 0 atom stereocenters. The van der Waals surface area contributed by atoms with Crippen molar-refractivity contribution in [2.75, 3.05) is 31.1 Å². The Morgan fingerprint density at radius 3 is 2.48 bits per heavy atom. The Hall–Kier alpha value is -2.40. The summed E-state index contributed by atoms with van der Waals surface area (Å²) in [5.74, 6) is 0.899. The SMILES string of the molecule is Clc1ccc(C=CCN2CCC3(CC2)CN(c2cnccn2)c2ccc(Cl)cc23)cc1. The van der Waals surface area contributed by atoms with Gasteiger partial charge in [0.15, 0.2) is 5.82 Å². The molecule has 1 saturated heterocycles. The molecule has 1 fully saturated rings. The zero-order valence-corrected chi connectivity index (χ0v) is 18.7. The van der Waals surface area contributed by atoms with Gasteiger partial charge in [0.25, 0.3) is 0 Å². The Bertz CT molecular complexity index is 1070. The van der Waals surface area contributed by atoms with Gasteiger partial charge in [-0.05, 0) is 67.4 Å². The maximum absolute atomic E-state index is 6.41. The third-order valence-electron chi connectivity index (χ3n) is 6.46. The van der Waals surface area contributed by atoms with Crippen molar-refractivity contribution in [2.24, 2.45) is 0 Å². The molecule has 4 nitrogen and oxygen atoms in total. The molecule has 0 N–H and O–H groups in total. The molecule has 0 amide bonds. The van der Waals surface area contributed by atoms with Crippen molar-refractivity contribution in [3.63, 3.8) is 0 Å². The first-order valence-corrected chi connectivity index (χ1v) is 11.4. The van der Waals surface area contributed by atoms with Gasteiger partial charge in [0.2, 0.25) is 0 Å². The Kier molecular flexibility index (Phi) is 5.70. The van der Waals surface area contributed by atoms with Crippen LogP contribution in [0.2, 0.25) is 10.0 Å². The number of fused-ring (bicyclic) bond motifs is 2. The largest absolute Gasteiger partial charge is 0.324 e. The smallest absolute Gasteiger partial charge is 0.151 e. The summed E-state index contributed by atoms with van der Waals surface area (Å²) in [6.07, 6.45) is 11.9. The van der Waals surface area contributed by atoms with Gasteiger partial charge in [0.1, 0.15) is 0 Å². The highest BCUT2D eigenvalue weighted by molar-refractivity contribution is 6.31. The van der Waals surface area contributed by atoms with E-state index in [1.807, 2.05) is 36.5 Å². The third-order valence-corrected chi connectivity index (χ3v) is 6.95. The first-order chi connectivity index (χ1) is 15.1. The van der Waals surface area contributed by atoms with Crippen molar-refractivity contribution < 1.29 is 0 Å². The molecule has 3 heterocycles. The van der Waals surface area contributed by atoms with Crippen molar-refractivity contribution in [2.45, 2.75) is 18.3 Å². The van der Waals surface area contributed by atoms with Gasteiger partial charge in [0, 0.05) is 46.6 Å². The summed E-state index contributed by atoms with van der Waals surface area (Å²) in [7, 11) is 0. The predicted octanol–water partition coefficient (Wildman–Crippen LogP) is 5.98. The van der Waals surface area contributed by atoms with Crippen LogP contribution in [0.1, 0.15) is 24.0 Å². The Morgan fingerprint density at radius 1 is 0.968 bits per heavy atom. The molecule has 3 aromatic rings. The lowest BCUT2D eigenvalue weighted by Crippen LogP contribution is -2.44. The van der Waals surface area contributed by atoms with Gasteiger partial charge in [-0.2, -0.15) is 0 Å². The molecule has 6 heteroatoms. The highest BCUT2D eigenvalue weighted by Crippen LogP contribution is 2.49. The summed E-state index contributed by atoms with van der Waals surface area (Å²) in [4.78, 5) is 13.6. The Labute approximate surface area is 193 Å². The summed E-state index contributed by atoms with van der Waals surface area (Å²) in [5, 5.41) is 1.57. The predicted molar refractivity (Wildman–Crippen MR) is 128 cm³/mol. The van der Waals surface area contributed by atoms with Crippen LogP contribution in [0.5, 0.6) is 0 Å². The van der Waals surface area contributed by atoms with E-state index in [2.05, 4.69) is 44.1 Å². The fourth-order valence-corrected chi connectivity index (χ4v) is 5.08. The summed E-state index contributed by atoms with van der Waals surface area (Å²) >= 11 is 12.4. The first kappa shape index (κ1) is 20.5. The molecular weight excluding hydrogens is 427 g/mol. The van der Waals surface area contributed by atoms with Crippen LogP contribution in [-0.4, -0.2) is 41.0 Å². The maximum Gasteiger partial charge on any atom is 0.151 e.